The molecule has 1 aromatic carbocycles. The number of nitrogens with two attached hydrogens (primary N) is 1. The minimum Gasteiger partial charge on any atom is -0.496 e. The fraction of sp³-hybridized carbons (Fsp3) is 0.588. The van der Waals surface area contributed by atoms with Gasteiger partial charge in [-0.1, -0.05) is 18.2 Å². The molecule has 1 amide bonds. The van der Waals surface area contributed by atoms with Crippen molar-refractivity contribution in [2.24, 2.45) is 0 Å². The molecule has 23 heavy (non-hydrogen) atoms. The maximum Gasteiger partial charge on any atom is 0.236 e. The van der Waals surface area contributed by atoms with Crippen LogP contribution in [-0.2, 0) is 4.79 Å². The summed E-state index contributed by atoms with van der Waals surface area (Å²) in [6.45, 7) is 8.67. The zero-order chi connectivity index (χ0) is 16.2. The number of nitrogens with zero attached hydrogens (tertiary/aromatic N) is 1. The third-order valence-corrected chi connectivity index (χ3v) is 6.14. The van der Waals surface area contributed by atoms with Crippen LogP contribution in [0.4, 0.5) is 0 Å². The monoisotopic (exact) mass is 337 g/mol. The third kappa shape index (κ3) is 3.65. The highest BCUT2D eigenvalue weighted by molar-refractivity contribution is 8.01. The molecule has 0 unspecified atom stereocenters. The summed E-state index contributed by atoms with van der Waals surface area (Å²) in [4.78, 5) is 16.3. The second-order valence-corrected chi connectivity index (χ2v) is 7.70. The first-order valence-electron chi connectivity index (χ1n) is 8.45. The van der Waals surface area contributed by atoms with Crippen LogP contribution in [0.15, 0.2) is 24.3 Å². The Morgan fingerprint density at radius 2 is 2.09 bits per heavy atom. The van der Waals surface area contributed by atoms with Gasteiger partial charge < -0.3 is 19.9 Å². The first-order chi connectivity index (χ1) is 11.2. The first kappa shape index (κ1) is 16.6. The third-order valence-electron chi connectivity index (χ3n) is 4.76. The lowest BCUT2D eigenvalue weighted by molar-refractivity contribution is -0.946. The van der Waals surface area contributed by atoms with Crippen LogP contribution >= 0.6 is 11.8 Å². The highest BCUT2D eigenvalue weighted by Gasteiger charge is 2.40. The molecule has 126 valence electrons. The largest absolute Gasteiger partial charge is 0.496 e. The Morgan fingerprint density at radius 3 is 2.83 bits per heavy atom. The van der Waals surface area contributed by atoms with Gasteiger partial charge in [0.15, 0.2) is 0 Å². The van der Waals surface area contributed by atoms with E-state index < -0.39 is 0 Å². The van der Waals surface area contributed by atoms with Gasteiger partial charge in [-0.05, 0) is 13.0 Å². The second-order valence-electron chi connectivity index (χ2n) is 6.27. The number of quaternary nitrogens is 2. The molecule has 2 fully saturated rings. The minimum absolute atomic E-state index is 0.0228. The van der Waals surface area contributed by atoms with E-state index in [1.807, 2.05) is 25.1 Å². The standard InChI is InChI=1S/C17H25N3O2S/c1-13-16(21)20(12-11-19-9-7-18-8-10-19)17(23-13)14-5-3-4-6-15(14)22-2/h3-6,13,17-18H,7-12H2,1-2H3/p+2/t13-,17+/m1/s1. The Bertz CT molecular complexity index is 548. The van der Waals surface area contributed by atoms with Crippen molar-refractivity contribution in [3.05, 3.63) is 29.8 Å². The number of hydrogen-bond acceptors (Lipinski definition) is 3. The van der Waals surface area contributed by atoms with Crippen LogP contribution < -0.4 is 15.0 Å². The highest BCUT2D eigenvalue weighted by atomic mass is 32.2. The Hall–Kier alpha value is -1.24. The SMILES string of the molecule is COc1ccccc1[C@@H]1S[C@H](C)C(=O)N1CC[NH+]1CC[NH2+]CC1. The molecule has 2 aliphatic heterocycles. The van der Waals surface area contributed by atoms with Crippen molar-refractivity contribution in [2.45, 2.75) is 17.5 Å². The molecule has 2 saturated heterocycles. The lowest BCUT2D eigenvalue weighted by Gasteiger charge is -2.28. The number of thioether (sulfide) groups is 1. The highest BCUT2D eigenvalue weighted by Crippen LogP contribution is 2.45. The molecule has 1 aromatic rings. The van der Waals surface area contributed by atoms with Crippen molar-refractivity contribution in [3.8, 4) is 5.75 Å². The van der Waals surface area contributed by atoms with E-state index in [4.69, 9.17) is 4.74 Å². The van der Waals surface area contributed by atoms with E-state index in [0.717, 1.165) is 24.4 Å². The number of hydrogen-bond donors (Lipinski definition) is 2. The summed E-state index contributed by atoms with van der Waals surface area (Å²) in [7, 11) is 1.70. The van der Waals surface area contributed by atoms with Crippen molar-refractivity contribution in [2.75, 3.05) is 46.4 Å². The maximum absolute atomic E-state index is 12.6. The number of para-hydroxylation sites is 1. The topological polar surface area (TPSA) is 50.6 Å². The summed E-state index contributed by atoms with van der Waals surface area (Å²) < 4.78 is 5.51. The molecule has 2 atom stereocenters. The van der Waals surface area contributed by atoms with Gasteiger partial charge in [0, 0.05) is 5.56 Å². The van der Waals surface area contributed by atoms with Gasteiger partial charge in [-0.3, -0.25) is 4.79 Å². The molecule has 0 spiro atoms. The molecule has 6 heteroatoms. The van der Waals surface area contributed by atoms with Crippen LogP contribution in [0.2, 0.25) is 0 Å². The van der Waals surface area contributed by atoms with E-state index >= 15 is 0 Å². The number of methoxy groups -OCH3 is 1. The molecule has 3 N–H and O–H groups in total. The van der Waals surface area contributed by atoms with Gasteiger partial charge in [-0.15, -0.1) is 11.8 Å². The molecule has 0 bridgehead atoms. The molecule has 0 aromatic heterocycles. The van der Waals surface area contributed by atoms with Crippen LogP contribution in [0.3, 0.4) is 0 Å². The van der Waals surface area contributed by atoms with Crippen LogP contribution in [0.1, 0.15) is 17.9 Å². The average molecular weight is 337 g/mol. The van der Waals surface area contributed by atoms with E-state index in [-0.39, 0.29) is 16.5 Å². The summed E-state index contributed by atoms with van der Waals surface area (Å²) in [5, 5.41) is 2.47. The van der Waals surface area contributed by atoms with E-state index in [9.17, 15) is 4.79 Å². The van der Waals surface area contributed by atoms with Crippen LogP contribution in [0.5, 0.6) is 5.75 Å². The Labute approximate surface area is 142 Å². The molecule has 5 nitrogen and oxygen atoms in total. The fourth-order valence-corrected chi connectivity index (χ4v) is 4.76. The number of rotatable bonds is 5. The van der Waals surface area contributed by atoms with E-state index in [2.05, 4.69) is 16.3 Å². The van der Waals surface area contributed by atoms with E-state index in [0.29, 0.717) is 0 Å². The van der Waals surface area contributed by atoms with Crippen molar-refractivity contribution < 1.29 is 19.7 Å². The normalized spacial score (nSPS) is 25.8. The summed E-state index contributed by atoms with van der Waals surface area (Å²) in [5.41, 5.74) is 1.11. The molecule has 0 saturated carbocycles. The van der Waals surface area contributed by atoms with E-state index in [1.165, 1.54) is 26.2 Å². The van der Waals surface area contributed by atoms with Gasteiger partial charge in [0.25, 0.3) is 0 Å². The van der Waals surface area contributed by atoms with Crippen molar-refractivity contribution in [3.63, 3.8) is 0 Å². The number of carbonyl (C=O) groups is 1. The lowest BCUT2D eigenvalue weighted by Crippen LogP contribution is -3.20. The van der Waals surface area contributed by atoms with E-state index in [1.54, 1.807) is 23.8 Å². The zero-order valence-corrected chi connectivity index (χ0v) is 14.8. The second kappa shape index (κ2) is 7.55. The molecular weight excluding hydrogens is 310 g/mol. The summed E-state index contributed by atoms with van der Waals surface area (Å²) in [5.74, 6) is 1.13. The molecule has 3 rings (SSSR count). The quantitative estimate of drug-likeness (QED) is 0.734. The van der Waals surface area contributed by atoms with Crippen LogP contribution in [-0.4, -0.2) is 62.4 Å². The Balaban J connectivity index is 1.73. The minimum atomic E-state index is 0.0228. The summed E-state index contributed by atoms with van der Waals surface area (Å²) in [6, 6.07) is 8.06. The Kier molecular flexibility index (Phi) is 5.46. The van der Waals surface area contributed by atoms with Crippen molar-refractivity contribution >= 4 is 17.7 Å². The van der Waals surface area contributed by atoms with Gasteiger partial charge in [0.05, 0.1) is 25.4 Å². The molecule has 0 radical (unpaired) electrons. The predicted molar refractivity (Wildman–Crippen MR) is 91.7 cm³/mol. The number of ether oxygens (including phenoxy) is 1. The molecule has 2 aliphatic rings. The number of nitrogens with one attached hydrogen (secondary N) is 1. The Morgan fingerprint density at radius 1 is 1.35 bits per heavy atom. The first-order valence-corrected chi connectivity index (χ1v) is 9.39. The van der Waals surface area contributed by atoms with Gasteiger partial charge in [0.2, 0.25) is 5.91 Å². The van der Waals surface area contributed by atoms with Gasteiger partial charge >= 0.3 is 0 Å². The average Bonchev–Trinajstić information content (AvgIpc) is 2.88. The van der Waals surface area contributed by atoms with Gasteiger partial charge in [0.1, 0.15) is 37.3 Å². The van der Waals surface area contributed by atoms with Gasteiger partial charge in [-0.2, -0.15) is 0 Å². The number of amides is 1. The predicted octanol–water partition coefficient (Wildman–Crippen LogP) is -0.880. The van der Waals surface area contributed by atoms with Crippen LogP contribution in [0, 0.1) is 0 Å². The summed E-state index contributed by atoms with van der Waals surface area (Å²) >= 11 is 1.73. The molecule has 0 aliphatic carbocycles. The zero-order valence-electron chi connectivity index (χ0n) is 14.0. The number of carbonyl (C=O) groups excluding carboxylic acids is 1. The lowest BCUT2D eigenvalue weighted by atomic mass is 10.1. The number of piperazine rings is 1. The smallest absolute Gasteiger partial charge is 0.236 e. The maximum atomic E-state index is 12.6. The number of benzene rings is 1. The fourth-order valence-electron chi connectivity index (χ4n) is 3.42. The summed E-state index contributed by atoms with van der Waals surface area (Å²) in [6.07, 6.45) is 0. The van der Waals surface area contributed by atoms with Gasteiger partial charge in [-0.25, -0.2) is 0 Å². The molecule has 2 heterocycles. The van der Waals surface area contributed by atoms with Crippen molar-refractivity contribution in [1.29, 1.82) is 0 Å². The molecular formula is C17H27N3O2S+2. The van der Waals surface area contributed by atoms with Crippen molar-refractivity contribution in [1.82, 2.24) is 4.90 Å². The van der Waals surface area contributed by atoms with Crippen LogP contribution in [0.25, 0.3) is 0 Å².